The minimum Gasteiger partial charge on any atom is -0.228 e. The summed E-state index contributed by atoms with van der Waals surface area (Å²) in [7, 11) is 0. The minimum atomic E-state index is -0.471. The van der Waals surface area contributed by atoms with Crippen molar-refractivity contribution in [3.63, 3.8) is 0 Å². The van der Waals surface area contributed by atoms with Crippen LogP contribution in [0, 0.1) is 0 Å². The maximum Gasteiger partial charge on any atom is 0.160 e. The Labute approximate surface area is 437 Å². The summed E-state index contributed by atoms with van der Waals surface area (Å²) in [6, 6.07) is 106. The summed E-state index contributed by atoms with van der Waals surface area (Å²) in [4.78, 5) is 10.7. The molecule has 0 N–H and O–H groups in total. The van der Waals surface area contributed by atoms with E-state index >= 15 is 0 Å². The molecule has 13 aromatic rings. The maximum atomic E-state index is 5.37. The molecule has 0 saturated carbocycles. The van der Waals surface area contributed by atoms with Crippen molar-refractivity contribution >= 4 is 21.5 Å². The van der Waals surface area contributed by atoms with Crippen molar-refractivity contribution in [3.05, 3.63) is 313 Å². The molecule has 0 atom stereocenters. The summed E-state index contributed by atoms with van der Waals surface area (Å²) in [5.74, 6) is 0.688. The van der Waals surface area contributed by atoms with Gasteiger partial charge in [-0.15, -0.1) is 0 Å². The van der Waals surface area contributed by atoms with Crippen LogP contribution in [-0.2, 0) is 5.41 Å². The van der Waals surface area contributed by atoms with Gasteiger partial charge in [-0.2, -0.15) is 0 Å². The van der Waals surface area contributed by atoms with E-state index < -0.39 is 5.41 Å². The lowest BCUT2D eigenvalue weighted by molar-refractivity contribution is 0.768. The van der Waals surface area contributed by atoms with E-state index in [1.54, 1.807) is 0 Å². The maximum absolute atomic E-state index is 5.37. The van der Waals surface area contributed by atoms with Crippen molar-refractivity contribution in [2.75, 3.05) is 0 Å². The molecule has 1 aliphatic carbocycles. The smallest absolute Gasteiger partial charge is 0.160 e. The molecule has 0 bridgehead atoms. The molecule has 0 radical (unpaired) electrons. The summed E-state index contributed by atoms with van der Waals surface area (Å²) in [6.07, 6.45) is 0. The highest BCUT2D eigenvalue weighted by Crippen LogP contribution is 2.57. The van der Waals surface area contributed by atoms with Crippen molar-refractivity contribution in [1.29, 1.82) is 0 Å². The summed E-state index contributed by atoms with van der Waals surface area (Å²) < 4.78 is 0. The van der Waals surface area contributed by atoms with E-state index in [2.05, 4.69) is 285 Å². The molecule has 1 aromatic heterocycles. The fourth-order valence-electron chi connectivity index (χ4n) is 12.0. The molecule has 1 heterocycles. The van der Waals surface area contributed by atoms with Crippen LogP contribution < -0.4 is 0 Å². The first-order valence-electron chi connectivity index (χ1n) is 25.8. The van der Waals surface area contributed by atoms with Crippen LogP contribution in [0.4, 0.5) is 0 Å². The fraction of sp³-hybridized carbons (Fsp3) is 0.0137. The molecule has 0 spiro atoms. The van der Waals surface area contributed by atoms with E-state index in [1.807, 2.05) is 6.07 Å². The zero-order chi connectivity index (χ0) is 49.7. The summed E-state index contributed by atoms with van der Waals surface area (Å²) in [5, 5.41) is 4.72. The van der Waals surface area contributed by atoms with Crippen molar-refractivity contribution in [1.82, 2.24) is 9.97 Å². The zero-order valence-electron chi connectivity index (χ0n) is 41.1. The van der Waals surface area contributed by atoms with Gasteiger partial charge in [-0.1, -0.05) is 261 Å². The Morgan fingerprint density at radius 2 is 0.693 bits per heavy atom. The topological polar surface area (TPSA) is 25.8 Å². The Bertz CT molecular complexity index is 4230. The Morgan fingerprint density at radius 3 is 1.39 bits per heavy atom. The van der Waals surface area contributed by atoms with Crippen LogP contribution in [0.2, 0.25) is 0 Å². The van der Waals surface area contributed by atoms with E-state index in [9.17, 15) is 0 Å². The van der Waals surface area contributed by atoms with Gasteiger partial charge in [0.05, 0.1) is 16.8 Å². The summed E-state index contributed by atoms with van der Waals surface area (Å²) in [6.45, 7) is 0. The van der Waals surface area contributed by atoms with Crippen LogP contribution in [0.5, 0.6) is 0 Å². The molecule has 75 heavy (non-hydrogen) atoms. The van der Waals surface area contributed by atoms with Crippen LogP contribution in [-0.4, -0.2) is 9.97 Å². The van der Waals surface area contributed by atoms with Crippen LogP contribution >= 0.6 is 0 Å². The molecule has 1 aliphatic rings. The van der Waals surface area contributed by atoms with Crippen LogP contribution in [0.15, 0.2) is 291 Å². The van der Waals surface area contributed by atoms with Crippen molar-refractivity contribution in [3.8, 4) is 89.5 Å². The fourth-order valence-corrected chi connectivity index (χ4v) is 12.0. The second kappa shape index (κ2) is 18.4. The monoisotopic (exact) mass is 952 g/mol. The van der Waals surface area contributed by atoms with Gasteiger partial charge in [0.25, 0.3) is 0 Å². The highest BCUT2D eigenvalue weighted by molar-refractivity contribution is 6.07. The summed E-state index contributed by atoms with van der Waals surface area (Å²) in [5.41, 5.74) is 21.3. The first-order valence-corrected chi connectivity index (χ1v) is 25.8. The van der Waals surface area contributed by atoms with Gasteiger partial charge in [0.1, 0.15) is 0 Å². The van der Waals surface area contributed by atoms with Gasteiger partial charge in [-0.3, -0.25) is 0 Å². The number of benzene rings is 12. The van der Waals surface area contributed by atoms with E-state index in [0.29, 0.717) is 5.82 Å². The first kappa shape index (κ1) is 44.0. The average Bonchev–Trinajstić information content (AvgIpc) is 3.91. The largest absolute Gasteiger partial charge is 0.228 e. The molecule has 0 fully saturated rings. The molecule has 2 heteroatoms. The number of rotatable bonds is 9. The number of hydrogen-bond donors (Lipinski definition) is 0. The van der Waals surface area contributed by atoms with Crippen molar-refractivity contribution in [2.24, 2.45) is 0 Å². The second-order valence-electron chi connectivity index (χ2n) is 19.6. The first-order chi connectivity index (χ1) is 37.2. The van der Waals surface area contributed by atoms with Crippen LogP contribution in [0.25, 0.3) is 111 Å². The Hall–Kier alpha value is -9.76. The number of fused-ring (bicyclic) bond motifs is 5. The van der Waals surface area contributed by atoms with Crippen molar-refractivity contribution in [2.45, 2.75) is 5.41 Å². The standard InChI is InChI=1S/C73H48N2/c1-5-22-49(23-6-1)59-33-15-18-37-65(59)70-48-71(75-72(74-70)51-25-7-2-8-26-51)66-42-41-61(62-34-16-17-35-63(62)66)55-45-53(44-54(46-55)60-38-21-27-50-24-13-14-32-58(50)60)52-40-43-69-67(47-52)64-36-19-20-39-68(64)73(69,56-28-9-3-10-29-56)57-30-11-4-12-31-57/h1-48H. The Morgan fingerprint density at radius 1 is 0.227 bits per heavy atom. The van der Waals surface area contributed by atoms with E-state index in [1.165, 1.54) is 60.8 Å². The molecule has 0 saturated heterocycles. The third-order valence-electron chi connectivity index (χ3n) is 15.4. The van der Waals surface area contributed by atoms with Crippen molar-refractivity contribution < 1.29 is 0 Å². The lowest BCUT2D eigenvalue weighted by Crippen LogP contribution is -2.28. The Balaban J connectivity index is 0.969. The van der Waals surface area contributed by atoms with Crippen LogP contribution in [0.3, 0.4) is 0 Å². The normalized spacial score (nSPS) is 12.4. The molecule has 2 nitrogen and oxygen atoms in total. The molecule has 350 valence electrons. The van der Waals surface area contributed by atoms with Gasteiger partial charge in [0.15, 0.2) is 5.82 Å². The SMILES string of the molecule is c1ccc(-c2nc(-c3ccccc3-c3ccccc3)cc(-c3ccc(-c4cc(-c5ccc6c(c5)-c5ccccc5C6(c5ccccc5)c5ccccc5)cc(-c5cccc6ccccc56)c4)c4ccccc34)n2)cc1. The second-order valence-corrected chi connectivity index (χ2v) is 19.6. The van der Waals surface area contributed by atoms with Crippen LogP contribution in [0.1, 0.15) is 22.3 Å². The average molecular weight is 953 g/mol. The molecular formula is C73H48N2. The number of aromatic nitrogens is 2. The third-order valence-corrected chi connectivity index (χ3v) is 15.4. The van der Waals surface area contributed by atoms with Gasteiger partial charge in [-0.25, -0.2) is 9.97 Å². The number of hydrogen-bond acceptors (Lipinski definition) is 2. The van der Waals surface area contributed by atoms with Gasteiger partial charge in [-0.05, 0) is 130 Å². The predicted molar refractivity (Wildman–Crippen MR) is 312 cm³/mol. The van der Waals surface area contributed by atoms with E-state index in [4.69, 9.17) is 9.97 Å². The molecule has 0 aliphatic heterocycles. The molecule has 0 unspecified atom stereocenters. The predicted octanol–water partition coefficient (Wildman–Crippen LogP) is 18.8. The quantitative estimate of drug-likeness (QED) is 0.144. The highest BCUT2D eigenvalue weighted by Gasteiger charge is 2.46. The number of nitrogens with zero attached hydrogens (tertiary/aromatic N) is 2. The minimum absolute atomic E-state index is 0.471. The van der Waals surface area contributed by atoms with Gasteiger partial charge in [0.2, 0.25) is 0 Å². The highest BCUT2D eigenvalue weighted by atomic mass is 14.9. The van der Waals surface area contributed by atoms with Gasteiger partial charge >= 0.3 is 0 Å². The lowest BCUT2D eigenvalue weighted by atomic mass is 9.67. The van der Waals surface area contributed by atoms with E-state index in [-0.39, 0.29) is 0 Å². The molecule has 12 aromatic carbocycles. The van der Waals surface area contributed by atoms with E-state index in [0.717, 1.165) is 66.7 Å². The molecule has 0 amide bonds. The zero-order valence-corrected chi connectivity index (χ0v) is 41.1. The lowest BCUT2D eigenvalue weighted by Gasteiger charge is -2.33. The van der Waals surface area contributed by atoms with Gasteiger partial charge in [0, 0.05) is 16.7 Å². The molecule has 14 rings (SSSR count). The third kappa shape index (κ3) is 7.49. The Kier molecular flexibility index (Phi) is 10.8. The molecular weight excluding hydrogens is 905 g/mol. The van der Waals surface area contributed by atoms with Gasteiger partial charge < -0.3 is 0 Å². The summed E-state index contributed by atoms with van der Waals surface area (Å²) >= 11 is 0.